The Morgan fingerprint density at radius 2 is 1.80 bits per heavy atom. The first kappa shape index (κ1) is 24.1. The molecule has 25 heavy (non-hydrogen) atoms. The molecule has 8 heteroatoms. The molecule has 0 saturated heterocycles. The van der Waals surface area contributed by atoms with Crippen molar-refractivity contribution < 1.29 is 8.42 Å². The summed E-state index contributed by atoms with van der Waals surface area (Å²) in [6, 6.07) is 7.00. The molecule has 6 nitrogen and oxygen atoms in total. The SMILES string of the molecule is CCCCCNC(=NCc1ccccc1S(=O)(=O)N(C)C)NCC.I. The fourth-order valence-electron chi connectivity index (χ4n) is 2.17. The van der Waals surface area contributed by atoms with Gasteiger partial charge in [-0.05, 0) is 25.0 Å². The molecule has 1 rings (SSSR count). The zero-order chi connectivity index (χ0) is 18.0. The standard InChI is InChI=1S/C17H30N4O2S.HI/c1-5-7-10-13-19-17(18-6-2)20-14-15-11-8-9-12-16(15)24(22,23)21(3)4;/h8-9,11-12H,5-7,10,13-14H2,1-4H3,(H2,18,19,20);1H. The average molecular weight is 482 g/mol. The Morgan fingerprint density at radius 1 is 1.12 bits per heavy atom. The Bertz CT molecular complexity index is 633. The van der Waals surface area contributed by atoms with Gasteiger partial charge in [0, 0.05) is 27.2 Å². The third-order valence-corrected chi connectivity index (χ3v) is 5.47. The molecule has 0 fully saturated rings. The number of nitrogens with one attached hydrogen (secondary N) is 2. The number of guanidine groups is 1. The molecule has 0 aliphatic rings. The van der Waals surface area contributed by atoms with E-state index in [4.69, 9.17) is 0 Å². The normalized spacial score (nSPS) is 12.0. The smallest absolute Gasteiger partial charge is 0.242 e. The van der Waals surface area contributed by atoms with Crippen LogP contribution in [0.2, 0.25) is 0 Å². The number of rotatable bonds is 9. The van der Waals surface area contributed by atoms with Gasteiger partial charge in [-0.1, -0.05) is 38.0 Å². The Balaban J connectivity index is 0.00000576. The van der Waals surface area contributed by atoms with Gasteiger partial charge < -0.3 is 10.6 Å². The Hall–Kier alpha value is -0.870. The highest BCUT2D eigenvalue weighted by atomic mass is 127. The summed E-state index contributed by atoms with van der Waals surface area (Å²) >= 11 is 0. The van der Waals surface area contributed by atoms with Crippen LogP contribution in [-0.2, 0) is 16.6 Å². The number of hydrogen-bond acceptors (Lipinski definition) is 3. The summed E-state index contributed by atoms with van der Waals surface area (Å²) in [6.45, 7) is 6.11. The second-order valence-corrected chi connectivity index (χ2v) is 7.84. The molecule has 0 heterocycles. The van der Waals surface area contributed by atoms with E-state index in [2.05, 4.69) is 22.5 Å². The van der Waals surface area contributed by atoms with Crippen molar-refractivity contribution in [1.29, 1.82) is 0 Å². The minimum absolute atomic E-state index is 0. The molecule has 1 aromatic rings. The second-order valence-electron chi connectivity index (χ2n) is 5.72. The van der Waals surface area contributed by atoms with Crippen molar-refractivity contribution in [3.05, 3.63) is 29.8 Å². The van der Waals surface area contributed by atoms with Gasteiger partial charge in [0.2, 0.25) is 10.0 Å². The van der Waals surface area contributed by atoms with Crippen LogP contribution in [0.3, 0.4) is 0 Å². The van der Waals surface area contributed by atoms with Crippen molar-refractivity contribution in [3.8, 4) is 0 Å². The average Bonchev–Trinajstić information content (AvgIpc) is 2.56. The molecule has 0 atom stereocenters. The lowest BCUT2D eigenvalue weighted by atomic mass is 10.2. The van der Waals surface area contributed by atoms with E-state index in [1.807, 2.05) is 13.0 Å². The van der Waals surface area contributed by atoms with Gasteiger partial charge in [-0.3, -0.25) is 0 Å². The highest BCUT2D eigenvalue weighted by Gasteiger charge is 2.20. The number of sulfonamides is 1. The lowest BCUT2D eigenvalue weighted by Gasteiger charge is -2.15. The summed E-state index contributed by atoms with van der Waals surface area (Å²) in [5.41, 5.74) is 0.692. The number of benzene rings is 1. The lowest BCUT2D eigenvalue weighted by molar-refractivity contribution is 0.519. The van der Waals surface area contributed by atoms with E-state index in [0.717, 1.165) is 19.5 Å². The second kappa shape index (κ2) is 12.5. The van der Waals surface area contributed by atoms with Crippen LogP contribution in [-0.4, -0.2) is 45.9 Å². The van der Waals surface area contributed by atoms with Crippen molar-refractivity contribution in [1.82, 2.24) is 14.9 Å². The lowest BCUT2D eigenvalue weighted by Crippen LogP contribution is -2.37. The Labute approximate surface area is 169 Å². The van der Waals surface area contributed by atoms with E-state index >= 15 is 0 Å². The van der Waals surface area contributed by atoms with E-state index in [1.54, 1.807) is 18.2 Å². The quantitative estimate of drug-likeness (QED) is 0.246. The molecule has 0 bridgehead atoms. The van der Waals surface area contributed by atoms with Gasteiger partial charge in [0.15, 0.2) is 5.96 Å². The highest BCUT2D eigenvalue weighted by molar-refractivity contribution is 14.0. The van der Waals surface area contributed by atoms with E-state index in [1.165, 1.54) is 31.2 Å². The molecule has 0 aliphatic carbocycles. The number of nitrogens with zero attached hydrogens (tertiary/aromatic N) is 2. The van der Waals surface area contributed by atoms with Crippen LogP contribution in [0.25, 0.3) is 0 Å². The summed E-state index contributed by atoms with van der Waals surface area (Å²) in [4.78, 5) is 4.83. The van der Waals surface area contributed by atoms with Gasteiger partial charge in [0.05, 0.1) is 11.4 Å². The fourth-order valence-corrected chi connectivity index (χ4v) is 3.28. The van der Waals surface area contributed by atoms with Crippen molar-refractivity contribution in [2.24, 2.45) is 4.99 Å². The Morgan fingerprint density at radius 3 is 2.40 bits per heavy atom. The maximum absolute atomic E-state index is 12.4. The van der Waals surface area contributed by atoms with Gasteiger partial charge in [0.1, 0.15) is 0 Å². The summed E-state index contributed by atoms with van der Waals surface area (Å²) in [6.07, 6.45) is 3.44. The molecule has 0 saturated carbocycles. The van der Waals surface area contributed by atoms with Gasteiger partial charge >= 0.3 is 0 Å². The van der Waals surface area contributed by atoms with Crippen LogP contribution in [0, 0.1) is 0 Å². The molecule has 0 unspecified atom stereocenters. The maximum atomic E-state index is 12.4. The molecule has 2 N–H and O–H groups in total. The fraction of sp³-hybridized carbons (Fsp3) is 0.588. The van der Waals surface area contributed by atoms with E-state index in [9.17, 15) is 8.42 Å². The van der Waals surface area contributed by atoms with E-state index in [-0.39, 0.29) is 24.0 Å². The number of aliphatic imine (C=N–C) groups is 1. The van der Waals surface area contributed by atoms with Crippen LogP contribution in [0.5, 0.6) is 0 Å². The predicted octanol–water partition coefficient (Wildman–Crippen LogP) is 2.80. The highest BCUT2D eigenvalue weighted by Crippen LogP contribution is 2.19. The summed E-state index contributed by atoms with van der Waals surface area (Å²) in [5, 5.41) is 6.48. The zero-order valence-corrected chi connectivity index (χ0v) is 18.7. The molecule has 0 aromatic heterocycles. The van der Waals surface area contributed by atoms with E-state index < -0.39 is 10.0 Å². The van der Waals surface area contributed by atoms with Crippen LogP contribution < -0.4 is 10.6 Å². The number of hydrogen-bond donors (Lipinski definition) is 2. The number of halogens is 1. The zero-order valence-electron chi connectivity index (χ0n) is 15.6. The first-order valence-electron chi connectivity index (χ1n) is 8.46. The maximum Gasteiger partial charge on any atom is 0.242 e. The van der Waals surface area contributed by atoms with Crippen LogP contribution in [0.4, 0.5) is 0 Å². The minimum atomic E-state index is -3.47. The summed E-state index contributed by atoms with van der Waals surface area (Å²) < 4.78 is 26.1. The summed E-state index contributed by atoms with van der Waals surface area (Å²) in [7, 11) is -0.396. The van der Waals surface area contributed by atoms with Crippen molar-refractivity contribution in [3.63, 3.8) is 0 Å². The monoisotopic (exact) mass is 482 g/mol. The molecule has 0 radical (unpaired) electrons. The third kappa shape index (κ3) is 7.91. The van der Waals surface area contributed by atoms with Gasteiger partial charge in [-0.15, -0.1) is 24.0 Å². The van der Waals surface area contributed by atoms with Crippen molar-refractivity contribution in [2.75, 3.05) is 27.2 Å². The molecule has 0 spiro atoms. The molecule has 1 aromatic carbocycles. The van der Waals surface area contributed by atoms with Crippen molar-refractivity contribution >= 4 is 40.0 Å². The molecule has 0 amide bonds. The van der Waals surface area contributed by atoms with Crippen molar-refractivity contribution in [2.45, 2.75) is 44.6 Å². The largest absolute Gasteiger partial charge is 0.357 e. The minimum Gasteiger partial charge on any atom is -0.357 e. The van der Waals surface area contributed by atoms with Gasteiger partial charge in [-0.2, -0.15) is 0 Å². The molecular weight excluding hydrogens is 451 g/mol. The van der Waals surface area contributed by atoms with Gasteiger partial charge in [-0.25, -0.2) is 17.7 Å². The Kier molecular flexibility index (Phi) is 12.0. The van der Waals surface area contributed by atoms with E-state index in [0.29, 0.717) is 23.0 Å². The van der Waals surface area contributed by atoms with Crippen LogP contribution in [0.15, 0.2) is 34.2 Å². The molecular formula is C17H31IN4O2S. The predicted molar refractivity (Wildman–Crippen MR) is 115 cm³/mol. The first-order valence-corrected chi connectivity index (χ1v) is 9.90. The van der Waals surface area contributed by atoms with Gasteiger partial charge in [0.25, 0.3) is 0 Å². The number of unbranched alkanes of at least 4 members (excludes halogenated alkanes) is 2. The van der Waals surface area contributed by atoms with Crippen LogP contribution in [0.1, 0.15) is 38.7 Å². The van der Waals surface area contributed by atoms with Crippen LogP contribution >= 0.6 is 24.0 Å². The first-order chi connectivity index (χ1) is 11.4. The topological polar surface area (TPSA) is 73.8 Å². The molecule has 144 valence electrons. The summed E-state index contributed by atoms with van der Waals surface area (Å²) in [5.74, 6) is 0.714. The molecule has 0 aliphatic heterocycles. The third-order valence-electron chi connectivity index (χ3n) is 3.56.